The van der Waals surface area contributed by atoms with Crippen molar-refractivity contribution in [3.05, 3.63) is 65.7 Å². The van der Waals surface area contributed by atoms with E-state index in [1.165, 1.54) is 0 Å². The molecule has 1 unspecified atom stereocenters. The minimum atomic E-state index is -0.431. The topological polar surface area (TPSA) is 83.6 Å². The van der Waals surface area contributed by atoms with Gasteiger partial charge in [0.2, 0.25) is 5.91 Å². The van der Waals surface area contributed by atoms with E-state index >= 15 is 0 Å². The molecule has 3 aromatic carbocycles. The fraction of sp³-hybridized carbons (Fsp3) is 0.217. The molecule has 0 heterocycles. The highest BCUT2D eigenvalue weighted by Crippen LogP contribution is 2.33. The number of aromatic hydroxyl groups is 1. The molecular weight excluding hydrogens is 352 g/mol. The van der Waals surface area contributed by atoms with Gasteiger partial charge < -0.3 is 15.7 Å². The summed E-state index contributed by atoms with van der Waals surface area (Å²) in [4.78, 5) is 25.5. The summed E-state index contributed by atoms with van der Waals surface area (Å²) in [6, 6.07) is 16.6. The quantitative estimate of drug-likeness (QED) is 0.709. The molecule has 3 aromatic rings. The summed E-state index contributed by atoms with van der Waals surface area (Å²) in [6.45, 7) is 3.76. The molecular formula is C23H24N2O3. The average Bonchev–Trinajstić information content (AvgIpc) is 2.65. The lowest BCUT2D eigenvalue weighted by molar-refractivity contribution is -0.118. The molecule has 0 saturated heterocycles. The fourth-order valence-electron chi connectivity index (χ4n) is 3.43. The summed E-state index contributed by atoms with van der Waals surface area (Å²) in [5.41, 5.74) is 8.87. The van der Waals surface area contributed by atoms with Crippen LogP contribution in [0, 0.1) is 6.92 Å². The van der Waals surface area contributed by atoms with Gasteiger partial charge in [-0.1, -0.05) is 30.3 Å². The number of primary amides is 1. The van der Waals surface area contributed by atoms with E-state index in [2.05, 4.69) is 0 Å². The molecule has 0 spiro atoms. The van der Waals surface area contributed by atoms with E-state index in [4.69, 9.17) is 5.73 Å². The fourth-order valence-corrected chi connectivity index (χ4v) is 3.43. The van der Waals surface area contributed by atoms with Crippen LogP contribution in [0.2, 0.25) is 0 Å². The zero-order valence-corrected chi connectivity index (χ0v) is 16.3. The second kappa shape index (κ2) is 7.72. The smallest absolute Gasteiger partial charge is 0.253 e. The normalized spacial score (nSPS) is 12.0. The molecule has 1 atom stereocenters. The van der Waals surface area contributed by atoms with Gasteiger partial charge in [-0.2, -0.15) is 0 Å². The number of hydrogen-bond donors (Lipinski definition) is 2. The Kier molecular flexibility index (Phi) is 5.36. The van der Waals surface area contributed by atoms with E-state index in [0.29, 0.717) is 5.56 Å². The largest absolute Gasteiger partial charge is 0.508 e. The van der Waals surface area contributed by atoms with Gasteiger partial charge in [0, 0.05) is 25.1 Å². The predicted octanol–water partition coefficient (Wildman–Crippen LogP) is 3.86. The monoisotopic (exact) mass is 376 g/mol. The van der Waals surface area contributed by atoms with Gasteiger partial charge in [0.25, 0.3) is 5.91 Å². The van der Waals surface area contributed by atoms with Gasteiger partial charge in [-0.3, -0.25) is 9.59 Å². The van der Waals surface area contributed by atoms with Gasteiger partial charge in [-0.05, 0) is 65.6 Å². The average molecular weight is 376 g/mol. The maximum absolute atomic E-state index is 12.8. The van der Waals surface area contributed by atoms with Crippen molar-refractivity contribution in [3.63, 3.8) is 0 Å². The molecule has 144 valence electrons. The Bertz CT molecular complexity index is 1060. The van der Waals surface area contributed by atoms with Crippen LogP contribution in [0.3, 0.4) is 0 Å². The van der Waals surface area contributed by atoms with Gasteiger partial charge in [0.05, 0.1) is 0 Å². The maximum atomic E-state index is 12.8. The molecule has 3 rings (SSSR count). The molecule has 0 aliphatic carbocycles. The van der Waals surface area contributed by atoms with Crippen molar-refractivity contribution < 1.29 is 14.7 Å². The van der Waals surface area contributed by atoms with Gasteiger partial charge in [-0.25, -0.2) is 0 Å². The number of hydrogen-bond acceptors (Lipinski definition) is 3. The van der Waals surface area contributed by atoms with Crippen LogP contribution in [-0.4, -0.2) is 34.9 Å². The van der Waals surface area contributed by atoms with E-state index in [1.54, 1.807) is 37.1 Å². The first-order chi connectivity index (χ1) is 13.3. The molecule has 28 heavy (non-hydrogen) atoms. The van der Waals surface area contributed by atoms with E-state index < -0.39 is 5.91 Å². The second-order valence-corrected chi connectivity index (χ2v) is 7.18. The number of aryl methyl sites for hydroxylation is 1. The van der Waals surface area contributed by atoms with Crippen LogP contribution in [0.4, 0.5) is 0 Å². The third kappa shape index (κ3) is 3.83. The van der Waals surface area contributed by atoms with Crippen LogP contribution in [0.1, 0.15) is 29.3 Å². The van der Waals surface area contributed by atoms with Gasteiger partial charge >= 0.3 is 0 Å². The van der Waals surface area contributed by atoms with Crippen molar-refractivity contribution in [2.45, 2.75) is 26.3 Å². The van der Waals surface area contributed by atoms with E-state index in [0.717, 1.165) is 27.5 Å². The van der Waals surface area contributed by atoms with Crippen molar-refractivity contribution in [1.29, 1.82) is 0 Å². The summed E-state index contributed by atoms with van der Waals surface area (Å²) in [6.07, 6.45) is 0.125. The molecule has 0 aromatic heterocycles. The molecule has 0 aliphatic heterocycles. The van der Waals surface area contributed by atoms with Crippen LogP contribution in [0.25, 0.3) is 21.9 Å². The molecule has 5 nitrogen and oxygen atoms in total. The van der Waals surface area contributed by atoms with Crippen molar-refractivity contribution >= 4 is 22.6 Å². The highest BCUT2D eigenvalue weighted by molar-refractivity contribution is 6.03. The Morgan fingerprint density at radius 3 is 2.50 bits per heavy atom. The minimum Gasteiger partial charge on any atom is -0.508 e. The van der Waals surface area contributed by atoms with Crippen molar-refractivity contribution in [2.75, 3.05) is 7.05 Å². The van der Waals surface area contributed by atoms with E-state index in [1.807, 2.05) is 43.3 Å². The molecule has 0 bridgehead atoms. The molecule has 0 aliphatic rings. The SMILES string of the molecule is Cc1cc(O)ccc1-c1cccc2cc(C(=O)N(C)C(C)CC(N)=O)ccc12. The van der Waals surface area contributed by atoms with Gasteiger partial charge in [0.1, 0.15) is 5.75 Å². The molecule has 2 amide bonds. The van der Waals surface area contributed by atoms with Crippen LogP contribution in [0.5, 0.6) is 5.75 Å². The molecule has 0 fully saturated rings. The number of carbonyl (C=O) groups is 2. The highest BCUT2D eigenvalue weighted by Gasteiger charge is 2.19. The number of phenolic OH excluding ortho intramolecular Hbond substituents is 1. The Hall–Kier alpha value is -3.34. The Morgan fingerprint density at radius 2 is 1.82 bits per heavy atom. The Balaban J connectivity index is 1.99. The van der Waals surface area contributed by atoms with Gasteiger partial charge in [0.15, 0.2) is 0 Å². The third-order valence-electron chi connectivity index (χ3n) is 5.11. The lowest BCUT2D eigenvalue weighted by atomic mass is 9.94. The summed E-state index contributed by atoms with van der Waals surface area (Å²) >= 11 is 0. The first-order valence-corrected chi connectivity index (χ1v) is 9.16. The number of amides is 2. The Labute approximate surface area is 164 Å². The lowest BCUT2D eigenvalue weighted by Crippen LogP contribution is -2.37. The number of carbonyl (C=O) groups excluding carboxylic acids is 2. The second-order valence-electron chi connectivity index (χ2n) is 7.18. The maximum Gasteiger partial charge on any atom is 0.253 e. The summed E-state index contributed by atoms with van der Waals surface area (Å²) in [5.74, 6) is -0.344. The van der Waals surface area contributed by atoms with Crippen LogP contribution < -0.4 is 5.73 Å². The molecule has 5 heteroatoms. The number of benzene rings is 3. The van der Waals surface area contributed by atoms with Crippen molar-refractivity contribution in [3.8, 4) is 16.9 Å². The van der Waals surface area contributed by atoms with E-state index in [9.17, 15) is 14.7 Å². The molecule has 0 radical (unpaired) electrons. The summed E-state index contributed by atoms with van der Waals surface area (Å²) in [7, 11) is 1.68. The lowest BCUT2D eigenvalue weighted by Gasteiger charge is -2.24. The van der Waals surface area contributed by atoms with Crippen molar-refractivity contribution in [2.24, 2.45) is 5.73 Å². The van der Waals surface area contributed by atoms with E-state index in [-0.39, 0.29) is 24.1 Å². The summed E-state index contributed by atoms with van der Waals surface area (Å²) < 4.78 is 0. The predicted molar refractivity (Wildman–Crippen MR) is 111 cm³/mol. The minimum absolute atomic E-state index is 0.125. The summed E-state index contributed by atoms with van der Waals surface area (Å²) in [5, 5.41) is 11.7. The first kappa shape index (κ1) is 19.4. The molecule has 0 saturated carbocycles. The Morgan fingerprint density at radius 1 is 1.07 bits per heavy atom. The third-order valence-corrected chi connectivity index (χ3v) is 5.11. The van der Waals surface area contributed by atoms with Gasteiger partial charge in [-0.15, -0.1) is 0 Å². The zero-order chi connectivity index (χ0) is 20.4. The van der Waals surface area contributed by atoms with Crippen LogP contribution in [-0.2, 0) is 4.79 Å². The molecule has 3 N–H and O–H groups in total. The number of nitrogens with two attached hydrogens (primary N) is 1. The first-order valence-electron chi connectivity index (χ1n) is 9.16. The highest BCUT2D eigenvalue weighted by atomic mass is 16.3. The van der Waals surface area contributed by atoms with Crippen LogP contribution in [0.15, 0.2) is 54.6 Å². The number of rotatable bonds is 5. The van der Waals surface area contributed by atoms with Crippen molar-refractivity contribution in [1.82, 2.24) is 4.90 Å². The zero-order valence-electron chi connectivity index (χ0n) is 16.3. The van der Waals surface area contributed by atoms with Crippen LogP contribution >= 0.6 is 0 Å². The standard InChI is InChI=1S/C23H24N2O3/c1-14-11-18(26)8-10-19(14)21-6-4-5-16-13-17(7-9-20(16)21)23(28)25(3)15(2)12-22(24)27/h4-11,13,15,26H,12H2,1-3H3,(H2,24,27). The number of fused-ring (bicyclic) bond motifs is 1. The number of phenols is 1. The number of nitrogens with zero attached hydrogens (tertiary/aromatic N) is 1.